The van der Waals surface area contributed by atoms with Crippen LogP contribution in [0.15, 0.2) is 0 Å². The zero-order valence-corrected chi connectivity index (χ0v) is 14.1. The van der Waals surface area contributed by atoms with Crippen LogP contribution in [0.3, 0.4) is 0 Å². The van der Waals surface area contributed by atoms with Gasteiger partial charge in [-0.3, -0.25) is 11.3 Å². The Balaban J connectivity index is 3.41. The number of nitrogens with one attached hydrogen (secondary N) is 1. The van der Waals surface area contributed by atoms with Gasteiger partial charge in [-0.1, -0.05) is 71.6 Å². The maximum absolute atomic E-state index is 5.66. The fourth-order valence-corrected chi connectivity index (χ4v) is 2.71. The smallest absolute Gasteiger partial charge is 0.0465 e. The predicted molar refractivity (Wildman–Crippen MR) is 88.6 cm³/mol. The van der Waals surface area contributed by atoms with Crippen LogP contribution in [-0.4, -0.2) is 19.8 Å². The molecule has 0 heterocycles. The fraction of sp³-hybridized carbons (Fsp3) is 1.00. The summed E-state index contributed by atoms with van der Waals surface area (Å²) in [5.41, 5.74) is 2.98. The summed E-state index contributed by atoms with van der Waals surface area (Å²) in [6.07, 6.45) is 14.7. The van der Waals surface area contributed by atoms with Crippen LogP contribution < -0.4 is 11.3 Å². The lowest BCUT2D eigenvalue weighted by Gasteiger charge is -2.23. The Labute approximate surface area is 127 Å². The second kappa shape index (κ2) is 15.3. The highest BCUT2D eigenvalue weighted by Crippen LogP contribution is 2.16. The average molecular weight is 287 g/mol. The van der Waals surface area contributed by atoms with E-state index in [-0.39, 0.29) is 0 Å². The Hall–Kier alpha value is -0.120. The molecule has 0 saturated carbocycles. The van der Waals surface area contributed by atoms with Crippen LogP contribution in [0.1, 0.15) is 84.5 Å². The van der Waals surface area contributed by atoms with Crippen molar-refractivity contribution in [1.29, 1.82) is 0 Å². The third-order valence-electron chi connectivity index (χ3n) is 4.30. The Morgan fingerprint density at radius 3 is 1.95 bits per heavy atom. The summed E-state index contributed by atoms with van der Waals surface area (Å²) in [6.45, 7) is 5.36. The van der Waals surface area contributed by atoms with Crippen molar-refractivity contribution in [2.45, 2.75) is 90.5 Å². The number of hydrazine groups is 1. The molecule has 20 heavy (non-hydrogen) atoms. The van der Waals surface area contributed by atoms with Gasteiger partial charge in [0.25, 0.3) is 0 Å². The maximum atomic E-state index is 5.66. The van der Waals surface area contributed by atoms with E-state index in [2.05, 4.69) is 19.3 Å². The van der Waals surface area contributed by atoms with E-state index in [0.717, 1.165) is 13.0 Å². The quantitative estimate of drug-likeness (QED) is 0.266. The molecule has 0 spiro atoms. The van der Waals surface area contributed by atoms with Gasteiger partial charge in [-0.2, -0.15) is 0 Å². The topological polar surface area (TPSA) is 47.3 Å². The first-order chi connectivity index (χ1) is 9.76. The molecule has 0 bridgehead atoms. The van der Waals surface area contributed by atoms with E-state index in [9.17, 15) is 0 Å². The van der Waals surface area contributed by atoms with Gasteiger partial charge in [0.05, 0.1) is 0 Å². The lowest BCUT2D eigenvalue weighted by atomic mass is 9.94. The van der Waals surface area contributed by atoms with E-state index in [1.807, 2.05) is 0 Å². The number of nitrogens with two attached hydrogens (primary N) is 1. The van der Waals surface area contributed by atoms with Crippen molar-refractivity contribution in [3.8, 4) is 0 Å². The van der Waals surface area contributed by atoms with E-state index in [0.29, 0.717) is 12.0 Å². The molecule has 0 aliphatic heterocycles. The SMILES string of the molecule is CCCCCCCCCCCC(NN)C(C)CCOC. The molecule has 3 heteroatoms. The molecular weight excluding hydrogens is 248 g/mol. The summed E-state index contributed by atoms with van der Waals surface area (Å²) < 4.78 is 5.14. The highest BCUT2D eigenvalue weighted by molar-refractivity contribution is 4.71. The summed E-state index contributed by atoms with van der Waals surface area (Å²) in [5, 5.41) is 0. The molecule has 2 atom stereocenters. The zero-order valence-electron chi connectivity index (χ0n) is 14.1. The lowest BCUT2D eigenvalue weighted by molar-refractivity contribution is 0.168. The van der Waals surface area contributed by atoms with Crippen LogP contribution in [0.25, 0.3) is 0 Å². The van der Waals surface area contributed by atoms with Gasteiger partial charge in [0.15, 0.2) is 0 Å². The standard InChI is InChI=1S/C17H38N2O/c1-4-5-6-7-8-9-10-11-12-13-17(19-18)16(2)14-15-20-3/h16-17,19H,4-15,18H2,1-3H3. The van der Waals surface area contributed by atoms with Crippen LogP contribution in [-0.2, 0) is 4.74 Å². The minimum absolute atomic E-state index is 0.440. The molecule has 0 aromatic rings. The Morgan fingerprint density at radius 2 is 1.45 bits per heavy atom. The number of rotatable bonds is 15. The predicted octanol–water partition coefficient (Wildman–Crippen LogP) is 4.41. The van der Waals surface area contributed by atoms with Crippen LogP contribution in [0.4, 0.5) is 0 Å². The van der Waals surface area contributed by atoms with Crippen LogP contribution in [0.5, 0.6) is 0 Å². The van der Waals surface area contributed by atoms with Gasteiger partial charge >= 0.3 is 0 Å². The van der Waals surface area contributed by atoms with Gasteiger partial charge in [-0.05, 0) is 18.8 Å². The minimum Gasteiger partial charge on any atom is -0.385 e. The molecule has 3 N–H and O–H groups in total. The fourth-order valence-electron chi connectivity index (χ4n) is 2.71. The Kier molecular flexibility index (Phi) is 15.2. The first kappa shape index (κ1) is 19.9. The summed E-state index contributed by atoms with van der Waals surface area (Å²) in [6, 6.07) is 0.440. The van der Waals surface area contributed by atoms with E-state index in [1.54, 1.807) is 7.11 Å². The second-order valence-corrected chi connectivity index (χ2v) is 6.15. The molecule has 0 aliphatic carbocycles. The van der Waals surface area contributed by atoms with Crippen molar-refractivity contribution in [2.75, 3.05) is 13.7 Å². The zero-order chi connectivity index (χ0) is 15.1. The van der Waals surface area contributed by atoms with Crippen molar-refractivity contribution < 1.29 is 4.74 Å². The first-order valence-electron chi connectivity index (χ1n) is 8.71. The van der Waals surface area contributed by atoms with Crippen molar-refractivity contribution in [3.63, 3.8) is 0 Å². The lowest BCUT2D eigenvalue weighted by Crippen LogP contribution is -2.40. The van der Waals surface area contributed by atoms with Gasteiger partial charge in [0.1, 0.15) is 0 Å². The number of unbranched alkanes of at least 4 members (excludes halogenated alkanes) is 8. The molecule has 0 rings (SSSR count). The number of hydrogen-bond acceptors (Lipinski definition) is 3. The van der Waals surface area contributed by atoms with Crippen LogP contribution >= 0.6 is 0 Å². The molecule has 0 fully saturated rings. The van der Waals surface area contributed by atoms with Crippen LogP contribution in [0, 0.1) is 5.92 Å². The van der Waals surface area contributed by atoms with E-state index >= 15 is 0 Å². The van der Waals surface area contributed by atoms with E-state index < -0.39 is 0 Å². The molecule has 0 radical (unpaired) electrons. The van der Waals surface area contributed by atoms with E-state index in [4.69, 9.17) is 10.6 Å². The third kappa shape index (κ3) is 11.7. The minimum atomic E-state index is 0.440. The molecule has 2 unspecified atom stereocenters. The molecule has 0 aliphatic rings. The first-order valence-corrected chi connectivity index (χ1v) is 8.71. The Morgan fingerprint density at radius 1 is 0.900 bits per heavy atom. The maximum Gasteiger partial charge on any atom is 0.0465 e. The molecule has 0 saturated heterocycles. The highest BCUT2D eigenvalue weighted by Gasteiger charge is 2.14. The molecule has 0 aromatic carbocycles. The number of ether oxygens (including phenoxy) is 1. The molecule has 0 amide bonds. The van der Waals surface area contributed by atoms with Gasteiger partial charge < -0.3 is 4.74 Å². The van der Waals surface area contributed by atoms with Gasteiger partial charge in [-0.15, -0.1) is 0 Å². The van der Waals surface area contributed by atoms with Crippen molar-refractivity contribution in [2.24, 2.45) is 11.8 Å². The van der Waals surface area contributed by atoms with E-state index in [1.165, 1.54) is 64.2 Å². The van der Waals surface area contributed by atoms with Gasteiger partial charge in [0, 0.05) is 19.8 Å². The van der Waals surface area contributed by atoms with Crippen LogP contribution in [0.2, 0.25) is 0 Å². The number of methoxy groups -OCH3 is 1. The molecular formula is C17H38N2O. The normalized spacial score (nSPS) is 14.4. The summed E-state index contributed by atoms with van der Waals surface area (Å²) in [4.78, 5) is 0. The monoisotopic (exact) mass is 286 g/mol. The summed E-state index contributed by atoms with van der Waals surface area (Å²) in [7, 11) is 1.76. The van der Waals surface area contributed by atoms with Gasteiger partial charge in [-0.25, -0.2) is 0 Å². The summed E-state index contributed by atoms with van der Waals surface area (Å²) >= 11 is 0. The molecule has 0 aromatic heterocycles. The summed E-state index contributed by atoms with van der Waals surface area (Å²) in [5.74, 6) is 6.26. The van der Waals surface area contributed by atoms with Gasteiger partial charge in [0.2, 0.25) is 0 Å². The second-order valence-electron chi connectivity index (χ2n) is 6.15. The molecule has 122 valence electrons. The van der Waals surface area contributed by atoms with Crippen molar-refractivity contribution in [1.82, 2.24) is 5.43 Å². The number of hydrogen-bond donors (Lipinski definition) is 2. The molecule has 3 nitrogen and oxygen atoms in total. The van der Waals surface area contributed by atoms with Crippen molar-refractivity contribution >= 4 is 0 Å². The van der Waals surface area contributed by atoms with Crippen molar-refractivity contribution in [3.05, 3.63) is 0 Å². The largest absolute Gasteiger partial charge is 0.385 e. The highest BCUT2D eigenvalue weighted by atomic mass is 16.5. The third-order valence-corrected chi connectivity index (χ3v) is 4.30. The Bertz CT molecular complexity index is 188. The average Bonchev–Trinajstić information content (AvgIpc) is 2.47.